The molecule has 1 amide bonds. The van der Waals surface area contributed by atoms with E-state index >= 15 is 0 Å². The van der Waals surface area contributed by atoms with Crippen molar-refractivity contribution in [2.24, 2.45) is 0 Å². The molecule has 21 heavy (non-hydrogen) atoms. The molecule has 0 saturated heterocycles. The van der Waals surface area contributed by atoms with Gasteiger partial charge in [0.15, 0.2) is 0 Å². The summed E-state index contributed by atoms with van der Waals surface area (Å²) >= 11 is 0. The zero-order chi connectivity index (χ0) is 14.8. The molecule has 1 N–H and O–H groups in total. The van der Waals surface area contributed by atoms with Gasteiger partial charge in [-0.15, -0.1) is 0 Å². The Morgan fingerprint density at radius 1 is 1.14 bits per heavy atom. The molecule has 0 unspecified atom stereocenters. The maximum Gasteiger partial charge on any atom is 0.262 e. The van der Waals surface area contributed by atoms with Gasteiger partial charge in [-0.1, -0.05) is 24.3 Å². The van der Waals surface area contributed by atoms with E-state index in [0.29, 0.717) is 12.1 Å². The van der Waals surface area contributed by atoms with E-state index in [1.807, 2.05) is 31.2 Å². The molecule has 3 rings (SSSR count). The minimum atomic E-state index is -0.123. The van der Waals surface area contributed by atoms with Crippen LogP contribution in [0.5, 0.6) is 5.75 Å². The molecule has 108 valence electrons. The van der Waals surface area contributed by atoms with Crippen LogP contribution in [0.3, 0.4) is 0 Å². The van der Waals surface area contributed by atoms with Gasteiger partial charge in [-0.25, -0.2) is 0 Å². The predicted octanol–water partition coefficient (Wildman–Crippen LogP) is 3.68. The lowest BCUT2D eigenvalue weighted by Gasteiger charge is -2.23. The second-order valence-electron chi connectivity index (χ2n) is 5.56. The Bertz CT molecular complexity index is 679. The van der Waals surface area contributed by atoms with Crippen LogP contribution in [0.15, 0.2) is 42.5 Å². The third-order valence-electron chi connectivity index (χ3n) is 3.99. The molecule has 0 aliphatic carbocycles. The molecule has 2 aromatic rings. The molecule has 0 bridgehead atoms. The van der Waals surface area contributed by atoms with Gasteiger partial charge >= 0.3 is 0 Å². The van der Waals surface area contributed by atoms with Crippen molar-refractivity contribution in [2.45, 2.75) is 26.2 Å². The van der Waals surface area contributed by atoms with Crippen molar-refractivity contribution < 1.29 is 9.90 Å². The second-order valence-corrected chi connectivity index (χ2v) is 5.56. The number of anilines is 1. The van der Waals surface area contributed by atoms with Crippen LogP contribution in [-0.2, 0) is 6.42 Å². The van der Waals surface area contributed by atoms with Crippen LogP contribution in [0.2, 0.25) is 0 Å². The average molecular weight is 281 g/mol. The number of aryl methyl sites for hydroxylation is 2. The molecule has 1 aliphatic heterocycles. The largest absolute Gasteiger partial charge is 0.507 e. The first kappa shape index (κ1) is 13.7. The van der Waals surface area contributed by atoms with Gasteiger partial charge in [-0.2, -0.15) is 0 Å². The number of phenolic OH excluding ortho intramolecular Hbond substituents is 1. The molecule has 1 heterocycles. The monoisotopic (exact) mass is 281 g/mol. The molecular formula is C18H19NO2. The number of para-hydroxylation sites is 1. The smallest absolute Gasteiger partial charge is 0.262 e. The maximum atomic E-state index is 12.8. The van der Waals surface area contributed by atoms with E-state index in [4.69, 9.17) is 0 Å². The van der Waals surface area contributed by atoms with E-state index in [1.54, 1.807) is 17.0 Å². The number of amides is 1. The SMILES string of the molecule is Cc1ccc(C(=O)N2CCCCc3ccccc32)c(O)c1. The van der Waals surface area contributed by atoms with E-state index in [-0.39, 0.29) is 11.7 Å². The maximum absolute atomic E-state index is 12.8. The number of hydrogen-bond acceptors (Lipinski definition) is 2. The summed E-state index contributed by atoms with van der Waals surface area (Å²) in [7, 11) is 0. The standard InChI is InChI=1S/C18H19NO2/c1-13-9-10-15(17(20)12-13)18(21)19-11-5-4-7-14-6-2-3-8-16(14)19/h2-3,6,8-10,12,20H,4-5,7,11H2,1H3. The Labute approximate surface area is 124 Å². The summed E-state index contributed by atoms with van der Waals surface area (Å²) in [6, 6.07) is 13.2. The Kier molecular flexibility index (Phi) is 3.65. The van der Waals surface area contributed by atoms with Crippen LogP contribution < -0.4 is 4.90 Å². The number of hydrogen-bond donors (Lipinski definition) is 1. The Balaban J connectivity index is 2.01. The molecular weight excluding hydrogens is 262 g/mol. The first-order valence-electron chi connectivity index (χ1n) is 7.36. The minimum Gasteiger partial charge on any atom is -0.507 e. The lowest BCUT2D eigenvalue weighted by Crippen LogP contribution is -2.31. The van der Waals surface area contributed by atoms with Gasteiger partial charge in [0.2, 0.25) is 0 Å². The van der Waals surface area contributed by atoms with Gasteiger partial charge in [0.25, 0.3) is 5.91 Å². The number of fused-ring (bicyclic) bond motifs is 1. The van der Waals surface area contributed by atoms with Crippen molar-refractivity contribution in [1.29, 1.82) is 0 Å². The number of carbonyl (C=O) groups is 1. The molecule has 0 aromatic heterocycles. The summed E-state index contributed by atoms with van der Waals surface area (Å²) in [6.07, 6.45) is 3.06. The predicted molar refractivity (Wildman–Crippen MR) is 83.9 cm³/mol. The number of aromatic hydroxyl groups is 1. The van der Waals surface area contributed by atoms with Crippen molar-refractivity contribution in [2.75, 3.05) is 11.4 Å². The highest BCUT2D eigenvalue weighted by molar-refractivity contribution is 6.08. The topological polar surface area (TPSA) is 40.5 Å². The first-order valence-corrected chi connectivity index (χ1v) is 7.36. The highest BCUT2D eigenvalue weighted by atomic mass is 16.3. The summed E-state index contributed by atoms with van der Waals surface area (Å²) in [5.41, 5.74) is 3.49. The van der Waals surface area contributed by atoms with Crippen LogP contribution in [0, 0.1) is 6.92 Å². The van der Waals surface area contributed by atoms with E-state index in [9.17, 15) is 9.90 Å². The fourth-order valence-corrected chi connectivity index (χ4v) is 2.87. The minimum absolute atomic E-state index is 0.0572. The quantitative estimate of drug-likeness (QED) is 0.866. The van der Waals surface area contributed by atoms with E-state index in [0.717, 1.165) is 30.5 Å². The molecule has 2 aromatic carbocycles. The van der Waals surface area contributed by atoms with Gasteiger partial charge in [-0.05, 0) is 55.5 Å². The number of nitrogens with zero attached hydrogens (tertiary/aromatic N) is 1. The molecule has 3 nitrogen and oxygen atoms in total. The molecule has 0 spiro atoms. The Morgan fingerprint density at radius 2 is 1.95 bits per heavy atom. The molecule has 0 radical (unpaired) electrons. The normalized spacial score (nSPS) is 14.4. The van der Waals surface area contributed by atoms with Crippen molar-refractivity contribution in [1.82, 2.24) is 0 Å². The van der Waals surface area contributed by atoms with E-state index in [1.165, 1.54) is 5.56 Å². The number of phenols is 1. The Hall–Kier alpha value is -2.29. The highest BCUT2D eigenvalue weighted by Crippen LogP contribution is 2.29. The second kappa shape index (κ2) is 5.60. The van der Waals surface area contributed by atoms with Gasteiger partial charge in [0, 0.05) is 12.2 Å². The fraction of sp³-hybridized carbons (Fsp3) is 0.278. The summed E-state index contributed by atoms with van der Waals surface area (Å²) in [5.74, 6) is -0.0661. The van der Waals surface area contributed by atoms with E-state index in [2.05, 4.69) is 6.07 Å². The molecule has 0 saturated carbocycles. The van der Waals surface area contributed by atoms with Gasteiger partial charge in [-0.3, -0.25) is 4.79 Å². The lowest BCUT2D eigenvalue weighted by molar-refractivity contribution is 0.0984. The fourth-order valence-electron chi connectivity index (χ4n) is 2.87. The van der Waals surface area contributed by atoms with E-state index < -0.39 is 0 Å². The van der Waals surface area contributed by atoms with Crippen LogP contribution in [-0.4, -0.2) is 17.6 Å². The third kappa shape index (κ3) is 2.64. The van der Waals surface area contributed by atoms with Crippen LogP contribution in [0.25, 0.3) is 0 Å². The third-order valence-corrected chi connectivity index (χ3v) is 3.99. The molecule has 0 fully saturated rings. The van der Waals surface area contributed by atoms with Crippen molar-refractivity contribution in [3.05, 3.63) is 59.2 Å². The van der Waals surface area contributed by atoms with Crippen molar-refractivity contribution >= 4 is 11.6 Å². The Morgan fingerprint density at radius 3 is 2.76 bits per heavy atom. The van der Waals surface area contributed by atoms with Crippen molar-refractivity contribution in [3.8, 4) is 5.75 Å². The van der Waals surface area contributed by atoms with Crippen LogP contribution in [0.4, 0.5) is 5.69 Å². The molecule has 3 heteroatoms. The summed E-state index contributed by atoms with van der Waals surface area (Å²) < 4.78 is 0. The van der Waals surface area contributed by atoms with Crippen LogP contribution >= 0.6 is 0 Å². The van der Waals surface area contributed by atoms with Crippen molar-refractivity contribution in [3.63, 3.8) is 0 Å². The zero-order valence-corrected chi connectivity index (χ0v) is 12.2. The summed E-state index contributed by atoms with van der Waals surface area (Å²) in [5, 5.41) is 10.1. The van der Waals surface area contributed by atoms with Gasteiger partial charge in [0.1, 0.15) is 5.75 Å². The number of carbonyl (C=O) groups excluding carboxylic acids is 1. The summed E-state index contributed by atoms with van der Waals surface area (Å²) in [6.45, 7) is 2.60. The first-order chi connectivity index (χ1) is 10.2. The average Bonchev–Trinajstić information content (AvgIpc) is 2.69. The molecule has 1 aliphatic rings. The van der Waals surface area contributed by atoms with Gasteiger partial charge in [0.05, 0.1) is 5.56 Å². The molecule has 0 atom stereocenters. The highest BCUT2D eigenvalue weighted by Gasteiger charge is 2.23. The van der Waals surface area contributed by atoms with Crippen LogP contribution in [0.1, 0.15) is 34.3 Å². The summed E-state index contributed by atoms with van der Waals surface area (Å²) in [4.78, 5) is 14.6. The number of rotatable bonds is 1. The van der Waals surface area contributed by atoms with Gasteiger partial charge < -0.3 is 10.0 Å². The lowest BCUT2D eigenvalue weighted by atomic mass is 10.1. The zero-order valence-electron chi connectivity index (χ0n) is 12.2. The number of benzene rings is 2.